The molecule has 6 nitrogen and oxygen atoms in total. The van der Waals surface area contributed by atoms with Crippen LogP contribution in [0.25, 0.3) is 0 Å². The Labute approximate surface area is 146 Å². The summed E-state index contributed by atoms with van der Waals surface area (Å²) in [5.74, 6) is -0.771. The number of rotatable bonds is 7. The number of carbonyl (C=O) groups excluding carboxylic acids is 1. The summed E-state index contributed by atoms with van der Waals surface area (Å²) in [6, 6.07) is 11.1. The molecular weight excluding hydrogens is 347 g/mol. The molecule has 0 aliphatic rings. The Bertz CT molecular complexity index is 838. The summed E-state index contributed by atoms with van der Waals surface area (Å²) in [6.07, 6.45) is 0. The number of carbonyl (C=O) groups is 1. The van der Waals surface area contributed by atoms with Gasteiger partial charge in [-0.3, -0.25) is 9.10 Å². The SMILES string of the molecule is CCNC(=O)CN(c1ccccc1F)S(=O)(=O)c1ccc(OC)cc1. The molecule has 1 amide bonds. The molecule has 2 aromatic rings. The van der Waals surface area contributed by atoms with E-state index in [1.807, 2.05) is 0 Å². The average molecular weight is 366 g/mol. The number of hydrogen-bond acceptors (Lipinski definition) is 4. The zero-order chi connectivity index (χ0) is 18.4. The van der Waals surface area contributed by atoms with Gasteiger partial charge in [-0.2, -0.15) is 0 Å². The van der Waals surface area contributed by atoms with E-state index < -0.39 is 28.3 Å². The number of sulfonamides is 1. The summed E-state index contributed by atoms with van der Waals surface area (Å²) in [5.41, 5.74) is -0.190. The first-order valence-electron chi connectivity index (χ1n) is 7.58. The predicted octanol–water partition coefficient (Wildman–Crippen LogP) is 2.17. The molecule has 0 bridgehead atoms. The highest BCUT2D eigenvalue weighted by Crippen LogP contribution is 2.27. The zero-order valence-corrected chi connectivity index (χ0v) is 14.7. The van der Waals surface area contributed by atoms with Crippen molar-refractivity contribution in [2.45, 2.75) is 11.8 Å². The van der Waals surface area contributed by atoms with E-state index in [-0.39, 0.29) is 10.6 Å². The van der Waals surface area contributed by atoms with E-state index in [0.29, 0.717) is 12.3 Å². The van der Waals surface area contributed by atoms with Crippen LogP contribution in [0, 0.1) is 5.82 Å². The topological polar surface area (TPSA) is 75.7 Å². The lowest BCUT2D eigenvalue weighted by Crippen LogP contribution is -2.41. The quantitative estimate of drug-likeness (QED) is 0.815. The molecule has 0 radical (unpaired) electrons. The van der Waals surface area contributed by atoms with Crippen molar-refractivity contribution in [1.82, 2.24) is 5.32 Å². The smallest absolute Gasteiger partial charge is 0.264 e. The molecule has 0 saturated heterocycles. The van der Waals surface area contributed by atoms with Crippen LogP contribution in [0.2, 0.25) is 0 Å². The molecular formula is C17H19FN2O4S. The fourth-order valence-corrected chi connectivity index (χ4v) is 3.64. The second kappa shape index (κ2) is 7.98. The van der Waals surface area contributed by atoms with Crippen LogP contribution in [-0.2, 0) is 14.8 Å². The Morgan fingerprint density at radius 3 is 2.36 bits per heavy atom. The maximum Gasteiger partial charge on any atom is 0.264 e. The molecule has 8 heteroatoms. The fourth-order valence-electron chi connectivity index (χ4n) is 2.21. The van der Waals surface area contributed by atoms with Crippen LogP contribution in [0.3, 0.4) is 0 Å². The Balaban J connectivity index is 2.49. The number of nitrogens with zero attached hydrogens (tertiary/aromatic N) is 1. The minimum absolute atomic E-state index is 0.0687. The van der Waals surface area contributed by atoms with E-state index in [1.165, 1.54) is 49.6 Å². The normalized spacial score (nSPS) is 11.0. The molecule has 0 atom stereocenters. The Hall–Kier alpha value is -2.61. The molecule has 0 heterocycles. The van der Waals surface area contributed by atoms with Gasteiger partial charge in [-0.15, -0.1) is 0 Å². The lowest BCUT2D eigenvalue weighted by Gasteiger charge is -2.24. The van der Waals surface area contributed by atoms with Gasteiger partial charge in [0.15, 0.2) is 0 Å². The third-order valence-corrected chi connectivity index (χ3v) is 5.20. The van der Waals surface area contributed by atoms with Crippen LogP contribution in [0.15, 0.2) is 53.4 Å². The van der Waals surface area contributed by atoms with Crippen molar-refractivity contribution < 1.29 is 22.3 Å². The summed E-state index contributed by atoms with van der Waals surface area (Å²) in [5, 5.41) is 2.52. The van der Waals surface area contributed by atoms with E-state index in [4.69, 9.17) is 4.74 Å². The van der Waals surface area contributed by atoms with Gasteiger partial charge in [0.1, 0.15) is 18.1 Å². The van der Waals surface area contributed by atoms with Crippen molar-refractivity contribution in [1.29, 1.82) is 0 Å². The molecule has 1 N–H and O–H groups in total. The van der Waals surface area contributed by atoms with Crippen LogP contribution in [0.5, 0.6) is 5.75 Å². The van der Waals surface area contributed by atoms with Crippen LogP contribution in [-0.4, -0.2) is 34.5 Å². The van der Waals surface area contributed by atoms with Gasteiger partial charge in [0, 0.05) is 6.54 Å². The first kappa shape index (κ1) is 18.7. The maximum atomic E-state index is 14.2. The second-order valence-electron chi connectivity index (χ2n) is 5.09. The van der Waals surface area contributed by atoms with Gasteiger partial charge in [0.05, 0.1) is 17.7 Å². The van der Waals surface area contributed by atoms with Crippen LogP contribution < -0.4 is 14.4 Å². The van der Waals surface area contributed by atoms with Gasteiger partial charge in [0.25, 0.3) is 10.0 Å². The lowest BCUT2D eigenvalue weighted by atomic mass is 10.3. The van der Waals surface area contributed by atoms with Gasteiger partial charge in [0.2, 0.25) is 5.91 Å². The molecule has 25 heavy (non-hydrogen) atoms. The Morgan fingerprint density at radius 2 is 1.80 bits per heavy atom. The van der Waals surface area contributed by atoms with Crippen molar-refractivity contribution in [3.8, 4) is 5.75 Å². The molecule has 134 valence electrons. The molecule has 0 saturated carbocycles. The van der Waals surface area contributed by atoms with Crippen LogP contribution in [0.4, 0.5) is 10.1 Å². The highest BCUT2D eigenvalue weighted by molar-refractivity contribution is 7.92. The first-order chi connectivity index (χ1) is 11.9. The summed E-state index contributed by atoms with van der Waals surface area (Å²) in [7, 11) is -2.68. The molecule has 0 fully saturated rings. The number of benzene rings is 2. The third-order valence-electron chi connectivity index (χ3n) is 3.43. The minimum Gasteiger partial charge on any atom is -0.497 e. The highest BCUT2D eigenvalue weighted by atomic mass is 32.2. The Kier molecular flexibility index (Phi) is 5.97. The molecule has 0 aliphatic carbocycles. The number of ether oxygens (including phenoxy) is 1. The number of halogens is 1. The second-order valence-corrected chi connectivity index (χ2v) is 6.95. The number of amides is 1. The standard InChI is InChI=1S/C17H19FN2O4S/c1-3-19-17(21)12-20(16-7-5-4-6-15(16)18)25(22,23)14-10-8-13(24-2)9-11-14/h4-11H,3,12H2,1-2H3,(H,19,21). The minimum atomic E-state index is -4.14. The van der Waals surface area contributed by atoms with E-state index in [2.05, 4.69) is 5.32 Å². The molecule has 2 aromatic carbocycles. The number of anilines is 1. The van der Waals surface area contributed by atoms with Gasteiger partial charge in [-0.05, 0) is 43.3 Å². The van der Waals surface area contributed by atoms with E-state index in [0.717, 1.165) is 10.4 Å². The molecule has 0 spiro atoms. The molecule has 0 unspecified atom stereocenters. The average Bonchev–Trinajstić information content (AvgIpc) is 2.60. The monoisotopic (exact) mass is 366 g/mol. The number of likely N-dealkylation sites (N-methyl/N-ethyl adjacent to an activating group) is 1. The van der Waals surface area contributed by atoms with Gasteiger partial charge >= 0.3 is 0 Å². The zero-order valence-electron chi connectivity index (χ0n) is 13.9. The maximum absolute atomic E-state index is 14.2. The van der Waals surface area contributed by atoms with E-state index in [9.17, 15) is 17.6 Å². The van der Waals surface area contributed by atoms with Crippen molar-refractivity contribution in [3.05, 3.63) is 54.3 Å². The molecule has 0 aliphatic heterocycles. The van der Waals surface area contributed by atoms with Crippen molar-refractivity contribution in [2.24, 2.45) is 0 Å². The lowest BCUT2D eigenvalue weighted by molar-refractivity contribution is -0.119. The molecule has 2 rings (SSSR count). The number of hydrogen-bond donors (Lipinski definition) is 1. The summed E-state index contributed by atoms with van der Waals surface area (Å²) in [6.45, 7) is 1.53. The van der Waals surface area contributed by atoms with Gasteiger partial charge in [-0.25, -0.2) is 12.8 Å². The number of para-hydroxylation sites is 1. The number of methoxy groups -OCH3 is 1. The Morgan fingerprint density at radius 1 is 1.16 bits per heavy atom. The fraction of sp³-hybridized carbons (Fsp3) is 0.235. The molecule has 0 aromatic heterocycles. The van der Waals surface area contributed by atoms with Crippen molar-refractivity contribution in [2.75, 3.05) is 24.5 Å². The third kappa shape index (κ3) is 4.27. The first-order valence-corrected chi connectivity index (χ1v) is 9.02. The van der Waals surface area contributed by atoms with E-state index >= 15 is 0 Å². The van der Waals surface area contributed by atoms with E-state index in [1.54, 1.807) is 6.92 Å². The summed E-state index contributed by atoms with van der Waals surface area (Å²) < 4.78 is 45.9. The summed E-state index contributed by atoms with van der Waals surface area (Å²) in [4.78, 5) is 11.9. The van der Waals surface area contributed by atoms with Gasteiger partial charge < -0.3 is 10.1 Å². The highest BCUT2D eigenvalue weighted by Gasteiger charge is 2.29. The van der Waals surface area contributed by atoms with Crippen LogP contribution in [0.1, 0.15) is 6.92 Å². The van der Waals surface area contributed by atoms with Gasteiger partial charge in [-0.1, -0.05) is 12.1 Å². The van der Waals surface area contributed by atoms with Crippen LogP contribution >= 0.6 is 0 Å². The predicted molar refractivity (Wildman–Crippen MR) is 92.6 cm³/mol. The van der Waals surface area contributed by atoms with Crippen molar-refractivity contribution in [3.63, 3.8) is 0 Å². The summed E-state index contributed by atoms with van der Waals surface area (Å²) >= 11 is 0. The largest absolute Gasteiger partial charge is 0.497 e. The number of nitrogens with one attached hydrogen (secondary N) is 1. The van der Waals surface area contributed by atoms with Crippen molar-refractivity contribution >= 4 is 21.6 Å².